The predicted molar refractivity (Wildman–Crippen MR) is 102 cm³/mol. The van der Waals surface area contributed by atoms with Crippen LogP contribution in [0.5, 0.6) is 0 Å². The van der Waals surface area contributed by atoms with E-state index in [9.17, 15) is 0 Å². The maximum absolute atomic E-state index is 9.01. The molecule has 0 saturated heterocycles. The zero-order valence-electron chi connectivity index (χ0n) is 14.4. The number of nitriles is 1. The largest absolute Gasteiger partial charge is 0.354 e. The van der Waals surface area contributed by atoms with Crippen molar-refractivity contribution in [3.63, 3.8) is 0 Å². The summed E-state index contributed by atoms with van der Waals surface area (Å²) in [6, 6.07) is 25.9. The van der Waals surface area contributed by atoms with Gasteiger partial charge in [-0.1, -0.05) is 47.6 Å². The Morgan fingerprint density at radius 1 is 0.962 bits per heavy atom. The summed E-state index contributed by atoms with van der Waals surface area (Å²) < 4.78 is 5.53. The van der Waals surface area contributed by atoms with Crippen LogP contribution in [0.3, 0.4) is 0 Å². The van der Waals surface area contributed by atoms with Crippen molar-refractivity contribution in [1.82, 2.24) is 5.16 Å². The zero-order valence-corrected chi connectivity index (χ0v) is 14.4. The molecule has 4 aromatic rings. The maximum Gasteiger partial charge on any atom is 0.184 e. The van der Waals surface area contributed by atoms with E-state index in [-0.39, 0.29) is 0 Å². The molecule has 0 fully saturated rings. The highest BCUT2D eigenvalue weighted by Gasteiger charge is 2.19. The molecule has 0 aliphatic rings. The number of fused-ring (bicyclic) bond motifs is 1. The summed E-state index contributed by atoms with van der Waals surface area (Å²) in [6.45, 7) is 2.72. The van der Waals surface area contributed by atoms with E-state index in [1.165, 1.54) is 0 Å². The molecule has 0 amide bonds. The molecule has 0 bridgehead atoms. The quantitative estimate of drug-likeness (QED) is 0.503. The topological polar surface area (TPSA) is 53.1 Å². The number of nitrogens with zero attached hydrogens (tertiary/aromatic N) is 3. The molecule has 0 unspecified atom stereocenters. The van der Waals surface area contributed by atoms with E-state index in [4.69, 9.17) is 9.78 Å². The van der Waals surface area contributed by atoms with Gasteiger partial charge in [0, 0.05) is 12.2 Å². The van der Waals surface area contributed by atoms with Crippen molar-refractivity contribution in [2.24, 2.45) is 0 Å². The van der Waals surface area contributed by atoms with Gasteiger partial charge in [0.2, 0.25) is 0 Å². The number of para-hydroxylation sites is 2. The number of aryl methyl sites for hydroxylation is 1. The summed E-state index contributed by atoms with van der Waals surface area (Å²) in [7, 11) is 0. The van der Waals surface area contributed by atoms with E-state index < -0.39 is 0 Å². The Morgan fingerprint density at radius 3 is 2.46 bits per heavy atom. The molecular formula is C22H17N3O. The van der Waals surface area contributed by atoms with E-state index in [1.807, 2.05) is 60.7 Å². The third-order valence-corrected chi connectivity index (χ3v) is 4.44. The summed E-state index contributed by atoms with van der Waals surface area (Å²) >= 11 is 0. The average molecular weight is 339 g/mol. The molecule has 26 heavy (non-hydrogen) atoms. The van der Waals surface area contributed by atoms with Gasteiger partial charge in [-0.2, -0.15) is 5.26 Å². The van der Waals surface area contributed by atoms with Crippen molar-refractivity contribution in [3.05, 3.63) is 89.5 Å². The fourth-order valence-electron chi connectivity index (χ4n) is 3.07. The van der Waals surface area contributed by atoms with Crippen LogP contribution in [0.1, 0.15) is 16.7 Å². The van der Waals surface area contributed by atoms with E-state index in [0.29, 0.717) is 12.1 Å². The average Bonchev–Trinajstić information content (AvgIpc) is 3.11. The molecule has 1 heterocycles. The first kappa shape index (κ1) is 15.9. The Labute approximate surface area is 151 Å². The minimum Gasteiger partial charge on any atom is -0.354 e. The highest BCUT2D eigenvalue weighted by Crippen LogP contribution is 2.34. The van der Waals surface area contributed by atoms with Gasteiger partial charge in [-0.15, -0.1) is 0 Å². The van der Waals surface area contributed by atoms with Gasteiger partial charge in [0.15, 0.2) is 11.4 Å². The molecule has 0 N–H and O–H groups in total. The number of rotatable bonds is 4. The van der Waals surface area contributed by atoms with E-state index in [1.54, 1.807) is 0 Å². The molecule has 4 nitrogen and oxygen atoms in total. The van der Waals surface area contributed by atoms with Gasteiger partial charge in [-0.25, -0.2) is 0 Å². The molecule has 126 valence electrons. The smallest absolute Gasteiger partial charge is 0.184 e. The Bertz CT molecular complexity index is 1090. The Morgan fingerprint density at radius 2 is 1.69 bits per heavy atom. The van der Waals surface area contributed by atoms with Gasteiger partial charge in [0.25, 0.3) is 0 Å². The van der Waals surface area contributed by atoms with E-state index in [0.717, 1.165) is 33.6 Å². The SMILES string of the molecule is Cc1ccccc1N(Cc1ccc(C#N)cc1)c1noc2ccccc12. The van der Waals surface area contributed by atoms with Crippen LogP contribution in [0.4, 0.5) is 11.5 Å². The van der Waals surface area contributed by atoms with Crippen molar-refractivity contribution >= 4 is 22.5 Å². The van der Waals surface area contributed by atoms with Crippen LogP contribution in [0.15, 0.2) is 77.3 Å². The molecule has 0 spiro atoms. The van der Waals surface area contributed by atoms with Gasteiger partial charge in [-0.05, 0) is 48.4 Å². The first-order chi connectivity index (χ1) is 12.8. The highest BCUT2D eigenvalue weighted by molar-refractivity contribution is 5.91. The molecule has 0 radical (unpaired) electrons. The fourth-order valence-corrected chi connectivity index (χ4v) is 3.07. The van der Waals surface area contributed by atoms with Gasteiger partial charge < -0.3 is 9.42 Å². The molecule has 0 atom stereocenters. The molecule has 0 aliphatic heterocycles. The van der Waals surface area contributed by atoms with Crippen LogP contribution in [-0.4, -0.2) is 5.16 Å². The van der Waals surface area contributed by atoms with Gasteiger partial charge >= 0.3 is 0 Å². The molecule has 0 aliphatic carbocycles. The summed E-state index contributed by atoms with van der Waals surface area (Å²) in [6.07, 6.45) is 0. The van der Waals surface area contributed by atoms with Gasteiger partial charge in [0.05, 0.1) is 17.0 Å². The standard InChI is InChI=1S/C22H17N3O/c1-16-6-2-4-8-20(16)25(15-18-12-10-17(14-23)11-13-18)22-19-7-3-5-9-21(19)26-24-22/h2-13H,15H2,1H3. The minimum atomic E-state index is 0.632. The summed E-state index contributed by atoms with van der Waals surface area (Å²) in [5.41, 5.74) is 4.76. The zero-order chi connectivity index (χ0) is 17.9. The second-order valence-electron chi connectivity index (χ2n) is 6.18. The lowest BCUT2D eigenvalue weighted by Crippen LogP contribution is -2.18. The molecular weight excluding hydrogens is 322 g/mol. The fraction of sp³-hybridized carbons (Fsp3) is 0.0909. The first-order valence-electron chi connectivity index (χ1n) is 8.43. The van der Waals surface area contributed by atoms with Crippen LogP contribution in [0.25, 0.3) is 11.0 Å². The molecule has 3 aromatic carbocycles. The Hall–Kier alpha value is -3.58. The van der Waals surface area contributed by atoms with Crippen molar-refractivity contribution in [2.75, 3.05) is 4.90 Å². The normalized spacial score (nSPS) is 10.6. The van der Waals surface area contributed by atoms with Gasteiger partial charge in [-0.3, -0.25) is 0 Å². The van der Waals surface area contributed by atoms with Crippen LogP contribution < -0.4 is 4.90 Å². The summed E-state index contributed by atoms with van der Waals surface area (Å²) in [5, 5.41) is 14.3. The highest BCUT2D eigenvalue weighted by atomic mass is 16.5. The second kappa shape index (κ2) is 6.73. The Balaban J connectivity index is 1.82. The third-order valence-electron chi connectivity index (χ3n) is 4.44. The van der Waals surface area contributed by atoms with Crippen LogP contribution in [0, 0.1) is 18.3 Å². The third kappa shape index (κ3) is 2.91. The van der Waals surface area contributed by atoms with Crippen molar-refractivity contribution < 1.29 is 4.52 Å². The minimum absolute atomic E-state index is 0.632. The first-order valence-corrected chi connectivity index (χ1v) is 8.43. The molecule has 0 saturated carbocycles. The number of aromatic nitrogens is 1. The maximum atomic E-state index is 9.01. The lowest BCUT2D eigenvalue weighted by molar-refractivity contribution is 0.456. The number of benzene rings is 3. The molecule has 4 heteroatoms. The van der Waals surface area contributed by atoms with E-state index >= 15 is 0 Å². The van der Waals surface area contributed by atoms with Gasteiger partial charge in [0.1, 0.15) is 0 Å². The number of anilines is 2. The van der Waals surface area contributed by atoms with Crippen LogP contribution in [0.2, 0.25) is 0 Å². The Kier molecular flexibility index (Phi) is 4.12. The van der Waals surface area contributed by atoms with E-state index in [2.05, 4.69) is 35.2 Å². The van der Waals surface area contributed by atoms with Crippen molar-refractivity contribution in [3.8, 4) is 6.07 Å². The summed E-state index contributed by atoms with van der Waals surface area (Å²) in [4.78, 5) is 2.16. The molecule has 4 rings (SSSR count). The second-order valence-corrected chi connectivity index (χ2v) is 6.18. The van der Waals surface area contributed by atoms with Crippen molar-refractivity contribution in [2.45, 2.75) is 13.5 Å². The monoisotopic (exact) mass is 339 g/mol. The number of hydrogen-bond donors (Lipinski definition) is 0. The predicted octanol–water partition coefficient (Wildman–Crippen LogP) is 5.35. The van der Waals surface area contributed by atoms with Crippen LogP contribution in [-0.2, 0) is 6.54 Å². The van der Waals surface area contributed by atoms with Crippen molar-refractivity contribution in [1.29, 1.82) is 5.26 Å². The number of hydrogen-bond acceptors (Lipinski definition) is 4. The molecule has 1 aromatic heterocycles. The lowest BCUT2D eigenvalue weighted by Gasteiger charge is -2.24. The lowest BCUT2D eigenvalue weighted by atomic mass is 10.1. The summed E-state index contributed by atoms with van der Waals surface area (Å²) in [5.74, 6) is 0.791. The van der Waals surface area contributed by atoms with Crippen LogP contribution >= 0.6 is 0 Å².